The van der Waals surface area contributed by atoms with Crippen LogP contribution in [0.4, 0.5) is 20.2 Å². The molecular weight excluding hydrogens is 248 g/mol. The average Bonchev–Trinajstić information content (AvgIpc) is 3.04. The Bertz CT molecular complexity index is 472. The zero-order chi connectivity index (χ0) is 13.4. The minimum Gasteiger partial charge on any atom is -0.397 e. The summed E-state index contributed by atoms with van der Waals surface area (Å²) < 4.78 is 27.3. The summed E-state index contributed by atoms with van der Waals surface area (Å²) in [5, 5.41) is 0. The second kappa shape index (κ2) is 4.96. The Morgan fingerprint density at radius 2 is 1.84 bits per heavy atom. The van der Waals surface area contributed by atoms with Gasteiger partial charge in [0.15, 0.2) is 11.6 Å². The molecule has 0 aromatic heterocycles. The zero-order valence-corrected chi connectivity index (χ0v) is 10.9. The van der Waals surface area contributed by atoms with Crippen molar-refractivity contribution < 1.29 is 8.78 Å². The van der Waals surface area contributed by atoms with Gasteiger partial charge in [0.2, 0.25) is 0 Å². The Balaban J connectivity index is 1.79. The minimum atomic E-state index is -0.825. The molecule has 2 aliphatic rings. The normalized spacial score (nSPS) is 24.3. The first-order valence-corrected chi connectivity index (χ1v) is 6.89. The number of halogens is 2. The topological polar surface area (TPSA) is 32.5 Å². The molecule has 0 saturated carbocycles. The summed E-state index contributed by atoms with van der Waals surface area (Å²) in [7, 11) is 0. The maximum Gasteiger partial charge on any atom is 0.184 e. The number of likely N-dealkylation sites (tertiary alicyclic amines) is 1. The average molecular weight is 267 g/mol. The predicted octanol–water partition coefficient (Wildman–Crippen LogP) is 2.22. The van der Waals surface area contributed by atoms with Crippen LogP contribution in [0.2, 0.25) is 0 Å². The lowest BCUT2D eigenvalue weighted by molar-refractivity contribution is 0.260. The predicted molar refractivity (Wildman–Crippen MR) is 72.2 cm³/mol. The molecule has 5 heteroatoms. The van der Waals surface area contributed by atoms with E-state index >= 15 is 0 Å². The first-order valence-electron chi connectivity index (χ1n) is 6.89. The molecule has 0 aliphatic carbocycles. The molecule has 1 aromatic carbocycles. The number of hydrogen-bond acceptors (Lipinski definition) is 3. The smallest absolute Gasteiger partial charge is 0.184 e. The van der Waals surface area contributed by atoms with E-state index in [1.165, 1.54) is 18.9 Å². The van der Waals surface area contributed by atoms with Gasteiger partial charge in [0.1, 0.15) is 0 Å². The number of nitrogens with two attached hydrogens (primary N) is 1. The maximum absolute atomic E-state index is 13.9. The molecule has 0 amide bonds. The SMILES string of the molecule is Nc1ccc(F)c(F)c1N1CCC(N2CCCC2)C1. The summed E-state index contributed by atoms with van der Waals surface area (Å²) >= 11 is 0. The van der Waals surface area contributed by atoms with E-state index in [0.717, 1.165) is 38.7 Å². The van der Waals surface area contributed by atoms with Gasteiger partial charge in [-0.1, -0.05) is 0 Å². The van der Waals surface area contributed by atoms with E-state index < -0.39 is 11.6 Å². The number of nitrogen functional groups attached to an aromatic ring is 1. The molecule has 0 spiro atoms. The first kappa shape index (κ1) is 12.7. The highest BCUT2D eigenvalue weighted by molar-refractivity contribution is 5.69. The highest BCUT2D eigenvalue weighted by atomic mass is 19.2. The second-order valence-electron chi connectivity index (χ2n) is 5.43. The molecule has 0 radical (unpaired) electrons. The highest BCUT2D eigenvalue weighted by Crippen LogP contribution is 2.32. The lowest BCUT2D eigenvalue weighted by atomic mass is 10.2. The summed E-state index contributed by atoms with van der Waals surface area (Å²) in [6, 6.07) is 2.98. The van der Waals surface area contributed by atoms with Gasteiger partial charge < -0.3 is 10.6 Å². The number of hydrogen-bond donors (Lipinski definition) is 1. The van der Waals surface area contributed by atoms with Crippen molar-refractivity contribution in [3.63, 3.8) is 0 Å². The van der Waals surface area contributed by atoms with E-state index in [4.69, 9.17) is 5.73 Å². The fourth-order valence-electron chi connectivity index (χ4n) is 3.23. The molecule has 1 atom stereocenters. The third-order valence-corrected chi connectivity index (χ3v) is 4.24. The molecule has 1 aromatic rings. The van der Waals surface area contributed by atoms with Crippen LogP contribution in [0.3, 0.4) is 0 Å². The van der Waals surface area contributed by atoms with E-state index in [2.05, 4.69) is 4.90 Å². The molecule has 2 heterocycles. The van der Waals surface area contributed by atoms with Crippen molar-refractivity contribution in [2.45, 2.75) is 25.3 Å². The van der Waals surface area contributed by atoms with Crippen molar-refractivity contribution in [1.29, 1.82) is 0 Å². The Morgan fingerprint density at radius 3 is 2.58 bits per heavy atom. The van der Waals surface area contributed by atoms with E-state index in [-0.39, 0.29) is 5.69 Å². The summed E-state index contributed by atoms with van der Waals surface area (Å²) in [6.07, 6.45) is 3.48. The van der Waals surface area contributed by atoms with Gasteiger partial charge in [0, 0.05) is 19.1 Å². The monoisotopic (exact) mass is 267 g/mol. The van der Waals surface area contributed by atoms with Crippen molar-refractivity contribution in [3.8, 4) is 0 Å². The lowest BCUT2D eigenvalue weighted by Crippen LogP contribution is -2.35. The third-order valence-electron chi connectivity index (χ3n) is 4.24. The largest absolute Gasteiger partial charge is 0.397 e. The van der Waals surface area contributed by atoms with E-state index in [9.17, 15) is 8.78 Å². The molecule has 2 saturated heterocycles. The van der Waals surface area contributed by atoms with Crippen LogP contribution in [0.15, 0.2) is 12.1 Å². The van der Waals surface area contributed by atoms with Gasteiger partial charge in [-0.25, -0.2) is 8.78 Å². The van der Waals surface area contributed by atoms with Crippen LogP contribution in [0.25, 0.3) is 0 Å². The quantitative estimate of drug-likeness (QED) is 0.834. The van der Waals surface area contributed by atoms with Gasteiger partial charge in [-0.05, 0) is 44.5 Å². The number of anilines is 2. The number of nitrogens with zero attached hydrogens (tertiary/aromatic N) is 2. The number of benzene rings is 1. The molecule has 3 nitrogen and oxygen atoms in total. The molecule has 2 aliphatic heterocycles. The van der Waals surface area contributed by atoms with Gasteiger partial charge in [0.05, 0.1) is 11.4 Å². The molecule has 2 N–H and O–H groups in total. The Labute approximate surface area is 112 Å². The van der Waals surface area contributed by atoms with Crippen LogP contribution in [0.5, 0.6) is 0 Å². The summed E-state index contributed by atoms with van der Waals surface area (Å²) in [5.41, 5.74) is 6.37. The maximum atomic E-state index is 13.9. The van der Waals surface area contributed by atoms with Gasteiger partial charge in [0.25, 0.3) is 0 Å². The Morgan fingerprint density at radius 1 is 1.11 bits per heavy atom. The first-order chi connectivity index (χ1) is 9.16. The van der Waals surface area contributed by atoms with Crippen molar-refractivity contribution in [2.75, 3.05) is 36.8 Å². The Hall–Kier alpha value is -1.36. The van der Waals surface area contributed by atoms with Crippen LogP contribution in [-0.2, 0) is 0 Å². The molecule has 104 valence electrons. The van der Waals surface area contributed by atoms with Gasteiger partial charge in [-0.2, -0.15) is 0 Å². The van der Waals surface area contributed by atoms with Crippen molar-refractivity contribution in [2.24, 2.45) is 0 Å². The highest BCUT2D eigenvalue weighted by Gasteiger charge is 2.31. The van der Waals surface area contributed by atoms with Crippen LogP contribution >= 0.6 is 0 Å². The fraction of sp³-hybridized carbons (Fsp3) is 0.571. The molecule has 2 fully saturated rings. The van der Waals surface area contributed by atoms with Crippen LogP contribution in [-0.4, -0.2) is 37.1 Å². The van der Waals surface area contributed by atoms with Crippen LogP contribution in [0.1, 0.15) is 19.3 Å². The van der Waals surface area contributed by atoms with Crippen LogP contribution in [0, 0.1) is 11.6 Å². The molecule has 3 rings (SSSR count). The third kappa shape index (κ3) is 2.27. The van der Waals surface area contributed by atoms with Crippen molar-refractivity contribution in [1.82, 2.24) is 4.90 Å². The van der Waals surface area contributed by atoms with Crippen molar-refractivity contribution in [3.05, 3.63) is 23.8 Å². The van der Waals surface area contributed by atoms with E-state index in [1.807, 2.05) is 4.90 Å². The minimum absolute atomic E-state index is 0.238. The van der Waals surface area contributed by atoms with E-state index in [0.29, 0.717) is 11.7 Å². The molecule has 19 heavy (non-hydrogen) atoms. The van der Waals surface area contributed by atoms with E-state index in [1.54, 1.807) is 0 Å². The van der Waals surface area contributed by atoms with Gasteiger partial charge in [-0.15, -0.1) is 0 Å². The van der Waals surface area contributed by atoms with Gasteiger partial charge in [-0.3, -0.25) is 4.90 Å². The molecule has 1 unspecified atom stereocenters. The standard InChI is InChI=1S/C14H19F2N3/c15-11-3-4-12(17)14(13(11)16)19-8-5-10(9-19)18-6-1-2-7-18/h3-4,10H,1-2,5-9,17H2. The van der Waals surface area contributed by atoms with Crippen LogP contribution < -0.4 is 10.6 Å². The fourth-order valence-corrected chi connectivity index (χ4v) is 3.23. The summed E-state index contributed by atoms with van der Waals surface area (Å²) in [5.74, 6) is -1.64. The zero-order valence-electron chi connectivity index (χ0n) is 10.9. The second-order valence-corrected chi connectivity index (χ2v) is 5.43. The number of rotatable bonds is 2. The molecular formula is C14H19F2N3. The summed E-state index contributed by atoms with van der Waals surface area (Å²) in [6.45, 7) is 3.73. The Kier molecular flexibility index (Phi) is 3.31. The summed E-state index contributed by atoms with van der Waals surface area (Å²) in [4.78, 5) is 4.34. The van der Waals surface area contributed by atoms with Crippen molar-refractivity contribution >= 4 is 11.4 Å². The molecule has 0 bridgehead atoms. The van der Waals surface area contributed by atoms with Gasteiger partial charge >= 0.3 is 0 Å². The lowest BCUT2D eigenvalue weighted by Gasteiger charge is -2.25.